The normalized spacial score (nSPS) is 26.3. The maximum atomic E-state index is 12.8. The Kier molecular flexibility index (Phi) is 4.52. The molecule has 0 spiro atoms. The fourth-order valence-electron chi connectivity index (χ4n) is 4.12. The molecule has 0 saturated carbocycles. The number of hydrogen-bond donors (Lipinski definition) is 2. The topological polar surface area (TPSA) is 88.5 Å². The van der Waals surface area contributed by atoms with Crippen molar-refractivity contribution in [2.24, 2.45) is 11.8 Å². The fraction of sp³-hybridized carbons (Fsp3) is 0.450. The number of aliphatic carboxylic acids is 1. The number of carboxylic acid groups (broad SMARTS) is 1. The number of rotatable bonds is 4. The summed E-state index contributed by atoms with van der Waals surface area (Å²) in [7, 11) is 0. The summed E-state index contributed by atoms with van der Waals surface area (Å²) in [4.78, 5) is 30.0. The van der Waals surface area contributed by atoms with Gasteiger partial charge in [-0.2, -0.15) is 0 Å². The van der Waals surface area contributed by atoms with Gasteiger partial charge in [-0.25, -0.2) is 4.98 Å². The number of benzene rings is 1. The minimum Gasteiger partial charge on any atom is -0.481 e. The third-order valence-electron chi connectivity index (χ3n) is 5.67. The number of thiazole rings is 1. The number of anilines is 1. The minimum absolute atomic E-state index is 0.309. The number of ether oxygens (including phenoxy) is 1. The maximum Gasteiger partial charge on any atom is 0.310 e. The fourth-order valence-corrected chi connectivity index (χ4v) is 4.96. The number of fused-ring (bicyclic) bond motifs is 2. The van der Waals surface area contributed by atoms with Gasteiger partial charge in [0.25, 0.3) is 0 Å². The molecule has 2 N–H and O–H groups in total. The molecule has 142 valence electrons. The summed E-state index contributed by atoms with van der Waals surface area (Å²) in [6.45, 7) is 6.10. The summed E-state index contributed by atoms with van der Waals surface area (Å²) in [6.07, 6.45) is 0.777. The van der Waals surface area contributed by atoms with Gasteiger partial charge >= 0.3 is 5.97 Å². The van der Waals surface area contributed by atoms with E-state index in [1.165, 1.54) is 22.5 Å². The summed E-state index contributed by atoms with van der Waals surface area (Å²) in [5.41, 5.74) is 4.27. The number of aromatic nitrogens is 1. The van der Waals surface area contributed by atoms with Crippen molar-refractivity contribution in [3.63, 3.8) is 0 Å². The molecule has 4 rings (SSSR count). The number of amides is 1. The Labute approximate surface area is 161 Å². The van der Waals surface area contributed by atoms with Crippen LogP contribution in [0.3, 0.4) is 0 Å². The van der Waals surface area contributed by atoms with Crippen molar-refractivity contribution in [1.82, 2.24) is 4.98 Å². The molecule has 6 nitrogen and oxygen atoms in total. The number of carbonyl (C=O) groups excluding carboxylic acids is 1. The van der Waals surface area contributed by atoms with Crippen molar-refractivity contribution in [2.75, 3.05) is 5.32 Å². The van der Waals surface area contributed by atoms with Crippen molar-refractivity contribution in [3.05, 3.63) is 34.2 Å². The first-order chi connectivity index (χ1) is 12.8. The quantitative estimate of drug-likeness (QED) is 0.839. The zero-order valence-corrected chi connectivity index (χ0v) is 16.3. The van der Waals surface area contributed by atoms with Gasteiger partial charge in [-0.1, -0.05) is 12.1 Å². The molecule has 2 aromatic rings. The first-order valence-electron chi connectivity index (χ1n) is 9.09. The predicted molar refractivity (Wildman–Crippen MR) is 103 cm³/mol. The zero-order valence-electron chi connectivity index (χ0n) is 15.5. The van der Waals surface area contributed by atoms with Gasteiger partial charge in [0.2, 0.25) is 5.91 Å². The molecule has 1 aromatic carbocycles. The second kappa shape index (κ2) is 6.73. The maximum absolute atomic E-state index is 12.8. The lowest BCUT2D eigenvalue weighted by molar-refractivity contribution is -0.147. The van der Waals surface area contributed by atoms with Gasteiger partial charge in [-0.15, -0.1) is 11.3 Å². The number of carbonyl (C=O) groups is 2. The molecule has 2 saturated heterocycles. The summed E-state index contributed by atoms with van der Waals surface area (Å²) >= 11 is 1.40. The van der Waals surface area contributed by atoms with Crippen LogP contribution in [0.5, 0.6) is 0 Å². The summed E-state index contributed by atoms with van der Waals surface area (Å²) < 4.78 is 5.68. The average Bonchev–Trinajstić information content (AvgIpc) is 3.31. The predicted octanol–water partition coefficient (Wildman–Crippen LogP) is 3.55. The van der Waals surface area contributed by atoms with Crippen LogP contribution in [0.15, 0.2) is 18.2 Å². The highest BCUT2D eigenvalue weighted by molar-refractivity contribution is 7.16. The van der Waals surface area contributed by atoms with Crippen molar-refractivity contribution in [3.8, 4) is 11.3 Å². The van der Waals surface area contributed by atoms with Gasteiger partial charge in [-0.05, 0) is 50.8 Å². The molecular formula is C20H22N2O4S. The Hall–Kier alpha value is -2.25. The van der Waals surface area contributed by atoms with Gasteiger partial charge in [0, 0.05) is 10.4 Å². The number of carboxylic acids is 1. The summed E-state index contributed by atoms with van der Waals surface area (Å²) in [5, 5.41) is 12.8. The average molecular weight is 386 g/mol. The second-order valence-corrected chi connectivity index (χ2v) is 8.60. The van der Waals surface area contributed by atoms with E-state index in [1.807, 2.05) is 13.0 Å². The minimum atomic E-state index is -0.964. The van der Waals surface area contributed by atoms with Crippen LogP contribution in [0.1, 0.15) is 28.8 Å². The second-order valence-electron chi connectivity index (χ2n) is 7.39. The highest BCUT2D eigenvalue weighted by Crippen LogP contribution is 2.44. The molecule has 2 bridgehead atoms. The lowest BCUT2D eigenvalue weighted by atomic mass is 9.79. The van der Waals surface area contributed by atoms with E-state index in [4.69, 9.17) is 4.74 Å². The zero-order chi connectivity index (χ0) is 19.3. The SMILES string of the molecule is Cc1ccc(-c2nc(NC(=O)[C@H]3[C@@H](C(=O)O)[C@@H]4CC[C@H]3O4)sc2C)cc1C. The smallest absolute Gasteiger partial charge is 0.310 e. The number of nitrogens with zero attached hydrogens (tertiary/aromatic N) is 1. The van der Waals surface area contributed by atoms with Crippen molar-refractivity contribution < 1.29 is 19.4 Å². The van der Waals surface area contributed by atoms with Gasteiger partial charge in [-0.3, -0.25) is 9.59 Å². The highest BCUT2D eigenvalue weighted by Gasteiger charge is 2.55. The number of aryl methyl sites for hydroxylation is 3. The van der Waals surface area contributed by atoms with E-state index in [0.717, 1.165) is 22.6 Å². The van der Waals surface area contributed by atoms with E-state index in [2.05, 4.69) is 36.3 Å². The Morgan fingerprint density at radius 1 is 1.15 bits per heavy atom. The van der Waals surface area contributed by atoms with E-state index >= 15 is 0 Å². The molecular weight excluding hydrogens is 364 g/mol. The van der Waals surface area contributed by atoms with Crippen molar-refractivity contribution in [1.29, 1.82) is 0 Å². The first-order valence-corrected chi connectivity index (χ1v) is 9.91. The van der Waals surface area contributed by atoms with E-state index in [0.29, 0.717) is 11.6 Å². The Balaban J connectivity index is 1.56. The molecule has 2 aliphatic heterocycles. The van der Waals surface area contributed by atoms with Gasteiger partial charge in [0.1, 0.15) is 0 Å². The van der Waals surface area contributed by atoms with Crippen LogP contribution in [0.4, 0.5) is 5.13 Å². The van der Waals surface area contributed by atoms with E-state index in [1.54, 1.807) is 0 Å². The Morgan fingerprint density at radius 2 is 1.85 bits per heavy atom. The largest absolute Gasteiger partial charge is 0.481 e. The van der Waals surface area contributed by atoms with E-state index < -0.39 is 17.8 Å². The van der Waals surface area contributed by atoms with Gasteiger partial charge in [0.05, 0.1) is 29.7 Å². The van der Waals surface area contributed by atoms with E-state index in [-0.39, 0.29) is 18.1 Å². The summed E-state index contributed by atoms with van der Waals surface area (Å²) in [5.74, 6) is -2.71. The molecule has 2 fully saturated rings. The van der Waals surface area contributed by atoms with Crippen molar-refractivity contribution in [2.45, 2.75) is 45.8 Å². The molecule has 7 heteroatoms. The monoisotopic (exact) mass is 386 g/mol. The first kappa shape index (κ1) is 18.1. The number of hydrogen-bond acceptors (Lipinski definition) is 5. The highest BCUT2D eigenvalue weighted by atomic mass is 32.1. The van der Waals surface area contributed by atoms with Crippen LogP contribution in [0, 0.1) is 32.6 Å². The standard InChI is InChI=1S/C20H22N2O4S/c1-9-4-5-12(8-10(9)2)17-11(3)27-20(21-17)22-18(23)15-13-6-7-14(26-13)16(15)19(24)25/h4-5,8,13-16H,6-7H2,1-3H3,(H,24,25)(H,21,22,23)/t13-,14+,15-,16+/m1/s1. The molecule has 1 amide bonds. The van der Waals surface area contributed by atoms with Crippen LogP contribution in [-0.4, -0.2) is 34.2 Å². The van der Waals surface area contributed by atoms with Crippen LogP contribution in [-0.2, 0) is 14.3 Å². The Morgan fingerprint density at radius 3 is 2.52 bits per heavy atom. The molecule has 1 aromatic heterocycles. The third-order valence-corrected chi connectivity index (χ3v) is 6.55. The molecule has 4 atom stereocenters. The summed E-state index contributed by atoms with van der Waals surface area (Å²) in [6, 6.07) is 6.18. The van der Waals surface area contributed by atoms with Crippen molar-refractivity contribution >= 4 is 28.3 Å². The molecule has 0 unspecified atom stereocenters. The van der Waals surface area contributed by atoms with Gasteiger partial charge < -0.3 is 15.2 Å². The molecule has 27 heavy (non-hydrogen) atoms. The van der Waals surface area contributed by atoms with Crippen LogP contribution >= 0.6 is 11.3 Å². The molecule has 3 heterocycles. The van der Waals surface area contributed by atoms with Gasteiger partial charge in [0.15, 0.2) is 5.13 Å². The molecule has 0 radical (unpaired) electrons. The van der Waals surface area contributed by atoms with Crippen LogP contribution in [0.2, 0.25) is 0 Å². The molecule has 0 aliphatic carbocycles. The van der Waals surface area contributed by atoms with Crippen LogP contribution < -0.4 is 5.32 Å². The van der Waals surface area contributed by atoms with E-state index in [9.17, 15) is 14.7 Å². The lowest BCUT2D eigenvalue weighted by Gasteiger charge is -2.23. The van der Waals surface area contributed by atoms with Crippen LogP contribution in [0.25, 0.3) is 11.3 Å². The molecule has 2 aliphatic rings. The number of nitrogens with one attached hydrogen (secondary N) is 1. The third kappa shape index (κ3) is 3.15. The lowest BCUT2D eigenvalue weighted by Crippen LogP contribution is -2.40. The Bertz CT molecular complexity index is 923.